The van der Waals surface area contributed by atoms with Crippen molar-refractivity contribution in [1.82, 2.24) is 13.9 Å². The Hall–Kier alpha value is -0.920. The number of nitrogens with zero attached hydrogens (tertiary/aromatic N) is 3. The summed E-state index contributed by atoms with van der Waals surface area (Å²) < 4.78 is 32.8. The lowest BCUT2D eigenvalue weighted by molar-refractivity contribution is 0.0999. The van der Waals surface area contributed by atoms with Gasteiger partial charge in [-0.15, -0.1) is 0 Å². The summed E-state index contributed by atoms with van der Waals surface area (Å²) in [5.74, 6) is 0.787. The molecule has 0 N–H and O–H groups in total. The van der Waals surface area contributed by atoms with Gasteiger partial charge < -0.3 is 9.30 Å². The second kappa shape index (κ2) is 5.13. The summed E-state index contributed by atoms with van der Waals surface area (Å²) in [4.78, 5) is 4.33. The molecule has 1 atom stereocenters. The Morgan fingerprint density at radius 2 is 2.15 bits per heavy atom. The van der Waals surface area contributed by atoms with E-state index in [9.17, 15) is 8.42 Å². The third-order valence-corrected chi connectivity index (χ3v) is 5.25. The van der Waals surface area contributed by atoms with Crippen LogP contribution in [-0.4, -0.2) is 48.3 Å². The molecule has 20 heavy (non-hydrogen) atoms. The van der Waals surface area contributed by atoms with Gasteiger partial charge in [-0.1, -0.05) is 0 Å². The summed E-state index contributed by atoms with van der Waals surface area (Å²) in [6, 6.07) is 0. The van der Waals surface area contributed by atoms with E-state index in [0.717, 1.165) is 23.9 Å². The van der Waals surface area contributed by atoms with Crippen molar-refractivity contribution in [2.75, 3.05) is 26.0 Å². The molecule has 0 spiro atoms. The third-order valence-electron chi connectivity index (χ3n) is 4.04. The van der Waals surface area contributed by atoms with Crippen LogP contribution < -0.4 is 0 Å². The maximum Gasteiger partial charge on any atom is 0.211 e. The Labute approximate surface area is 119 Å². The maximum absolute atomic E-state index is 11.8. The normalized spacial score (nSPS) is 23.8. The molecule has 1 aromatic heterocycles. The first-order valence-corrected chi connectivity index (χ1v) is 8.83. The van der Waals surface area contributed by atoms with Gasteiger partial charge in [0.2, 0.25) is 10.0 Å². The van der Waals surface area contributed by atoms with E-state index in [-0.39, 0.29) is 5.92 Å². The molecule has 0 saturated heterocycles. The Morgan fingerprint density at radius 1 is 1.40 bits per heavy atom. The van der Waals surface area contributed by atoms with E-state index in [2.05, 4.69) is 4.98 Å². The smallest absolute Gasteiger partial charge is 0.211 e. The quantitative estimate of drug-likeness (QED) is 0.803. The van der Waals surface area contributed by atoms with Gasteiger partial charge >= 0.3 is 0 Å². The number of imidazole rings is 1. The van der Waals surface area contributed by atoms with Crippen LogP contribution in [0.2, 0.25) is 0 Å². The number of ether oxygens (including phenoxy) is 1. The van der Waals surface area contributed by atoms with E-state index in [1.807, 2.05) is 11.6 Å². The Bertz CT molecular complexity index is 592. The van der Waals surface area contributed by atoms with Gasteiger partial charge in [-0.2, -0.15) is 4.31 Å². The molecule has 2 aliphatic rings. The molecule has 3 rings (SSSR count). The molecule has 0 radical (unpaired) electrons. The Morgan fingerprint density at radius 3 is 2.80 bits per heavy atom. The van der Waals surface area contributed by atoms with Gasteiger partial charge in [0.25, 0.3) is 0 Å². The zero-order chi connectivity index (χ0) is 14.3. The summed E-state index contributed by atoms with van der Waals surface area (Å²) in [5.41, 5.74) is 1.96. The number of aromatic nitrogens is 2. The standard InChI is InChI=1S/C13H21N3O3S/c1-15-9-14-12-6-16(20(2,17)18)5-11(13(12)15)8-19-7-10-3-4-10/h9-11H,3-8H2,1-2H3/t11-/m0/s1. The highest BCUT2D eigenvalue weighted by atomic mass is 32.2. The molecule has 112 valence electrons. The molecular formula is C13H21N3O3S. The maximum atomic E-state index is 11.8. The van der Waals surface area contributed by atoms with Crippen molar-refractivity contribution in [1.29, 1.82) is 0 Å². The first-order valence-electron chi connectivity index (χ1n) is 6.98. The fourth-order valence-corrected chi connectivity index (χ4v) is 3.55. The van der Waals surface area contributed by atoms with Crippen molar-refractivity contribution in [3.05, 3.63) is 17.7 Å². The van der Waals surface area contributed by atoms with Crippen LogP contribution in [0.5, 0.6) is 0 Å². The van der Waals surface area contributed by atoms with Crippen molar-refractivity contribution in [2.24, 2.45) is 13.0 Å². The Kier molecular flexibility index (Phi) is 3.60. The molecule has 7 heteroatoms. The predicted octanol–water partition coefficient (Wildman–Crippen LogP) is 0.706. The first kappa shape index (κ1) is 14.0. The average Bonchev–Trinajstić information content (AvgIpc) is 3.11. The van der Waals surface area contributed by atoms with Crippen LogP contribution in [-0.2, 0) is 28.4 Å². The zero-order valence-corrected chi connectivity index (χ0v) is 12.8. The van der Waals surface area contributed by atoms with Gasteiger partial charge in [-0.3, -0.25) is 0 Å². The SMILES string of the molecule is Cn1cnc2c1[C@H](COCC1CC1)CN(S(C)(=O)=O)C2. The van der Waals surface area contributed by atoms with E-state index in [4.69, 9.17) is 4.74 Å². The number of rotatable bonds is 5. The molecule has 0 aromatic carbocycles. The highest BCUT2D eigenvalue weighted by Gasteiger charge is 2.33. The molecule has 1 aromatic rings. The second-order valence-electron chi connectivity index (χ2n) is 5.92. The van der Waals surface area contributed by atoms with Gasteiger partial charge in [0.05, 0.1) is 31.4 Å². The minimum absolute atomic E-state index is 0.0692. The second-order valence-corrected chi connectivity index (χ2v) is 7.90. The summed E-state index contributed by atoms with van der Waals surface area (Å²) >= 11 is 0. The van der Waals surface area contributed by atoms with Crippen LogP contribution in [0.3, 0.4) is 0 Å². The monoisotopic (exact) mass is 299 g/mol. The van der Waals surface area contributed by atoms with Crippen LogP contribution in [0, 0.1) is 5.92 Å². The number of sulfonamides is 1. The van der Waals surface area contributed by atoms with Gasteiger partial charge in [-0.05, 0) is 18.8 Å². The molecular weight excluding hydrogens is 278 g/mol. The Balaban J connectivity index is 1.76. The molecule has 2 heterocycles. The van der Waals surface area contributed by atoms with Crippen molar-refractivity contribution in [2.45, 2.75) is 25.3 Å². The fourth-order valence-electron chi connectivity index (χ4n) is 2.74. The third kappa shape index (κ3) is 2.89. The van der Waals surface area contributed by atoms with E-state index in [0.29, 0.717) is 19.7 Å². The topological polar surface area (TPSA) is 64.4 Å². The number of fused-ring (bicyclic) bond motifs is 1. The molecule has 0 amide bonds. The van der Waals surface area contributed by atoms with Crippen molar-refractivity contribution in [3.63, 3.8) is 0 Å². The van der Waals surface area contributed by atoms with Crippen molar-refractivity contribution in [3.8, 4) is 0 Å². The molecule has 1 aliphatic carbocycles. The van der Waals surface area contributed by atoms with Gasteiger partial charge in [0.1, 0.15) is 0 Å². The van der Waals surface area contributed by atoms with Crippen molar-refractivity contribution >= 4 is 10.0 Å². The highest BCUT2D eigenvalue weighted by Crippen LogP contribution is 2.31. The highest BCUT2D eigenvalue weighted by molar-refractivity contribution is 7.88. The van der Waals surface area contributed by atoms with Crippen LogP contribution in [0.1, 0.15) is 30.1 Å². The van der Waals surface area contributed by atoms with Crippen LogP contribution in [0.25, 0.3) is 0 Å². The minimum atomic E-state index is -3.19. The van der Waals surface area contributed by atoms with E-state index in [1.165, 1.54) is 23.4 Å². The van der Waals surface area contributed by atoms with E-state index >= 15 is 0 Å². The van der Waals surface area contributed by atoms with Crippen LogP contribution in [0.4, 0.5) is 0 Å². The number of hydrogen-bond donors (Lipinski definition) is 0. The summed E-state index contributed by atoms with van der Waals surface area (Å²) in [6.07, 6.45) is 5.53. The molecule has 0 unspecified atom stereocenters. The van der Waals surface area contributed by atoms with Gasteiger partial charge in [-0.25, -0.2) is 13.4 Å². The van der Waals surface area contributed by atoms with Gasteiger partial charge in [0, 0.05) is 31.8 Å². The zero-order valence-electron chi connectivity index (χ0n) is 11.9. The van der Waals surface area contributed by atoms with Crippen LogP contribution >= 0.6 is 0 Å². The van der Waals surface area contributed by atoms with E-state index in [1.54, 1.807) is 6.33 Å². The lowest BCUT2D eigenvalue weighted by atomic mass is 10.0. The lowest BCUT2D eigenvalue weighted by Crippen LogP contribution is -2.39. The predicted molar refractivity (Wildman–Crippen MR) is 74.7 cm³/mol. The number of aryl methyl sites for hydroxylation is 1. The minimum Gasteiger partial charge on any atom is -0.380 e. The molecule has 1 saturated carbocycles. The molecule has 1 aliphatic heterocycles. The molecule has 1 fully saturated rings. The van der Waals surface area contributed by atoms with Crippen LogP contribution in [0.15, 0.2) is 6.33 Å². The molecule has 0 bridgehead atoms. The summed E-state index contributed by atoms with van der Waals surface area (Å²) in [5, 5.41) is 0. The lowest BCUT2D eigenvalue weighted by Gasteiger charge is -2.31. The van der Waals surface area contributed by atoms with Crippen molar-refractivity contribution < 1.29 is 13.2 Å². The fraction of sp³-hybridized carbons (Fsp3) is 0.769. The first-order chi connectivity index (χ1) is 9.45. The molecule has 6 nitrogen and oxygen atoms in total. The summed E-state index contributed by atoms with van der Waals surface area (Å²) in [6.45, 7) is 2.21. The number of hydrogen-bond acceptors (Lipinski definition) is 4. The summed E-state index contributed by atoms with van der Waals surface area (Å²) in [7, 11) is -1.24. The van der Waals surface area contributed by atoms with Gasteiger partial charge in [0.15, 0.2) is 0 Å². The largest absolute Gasteiger partial charge is 0.380 e. The van der Waals surface area contributed by atoms with E-state index < -0.39 is 10.0 Å². The average molecular weight is 299 g/mol.